The van der Waals surface area contributed by atoms with Crippen LogP contribution < -0.4 is 20.9 Å². The maximum Gasteiger partial charge on any atom is 0.255 e. The average Bonchev–Trinajstić information content (AvgIpc) is 3.15. The lowest BCUT2D eigenvalue weighted by atomic mass is 10.1. The smallest absolute Gasteiger partial charge is 0.255 e. The second kappa shape index (κ2) is 10.5. The van der Waals surface area contributed by atoms with Crippen LogP contribution in [0.25, 0.3) is 0 Å². The molecule has 3 aliphatic heterocycles. The summed E-state index contributed by atoms with van der Waals surface area (Å²) < 4.78 is 20.9. The lowest BCUT2D eigenvalue weighted by Crippen LogP contribution is -2.38. The summed E-state index contributed by atoms with van der Waals surface area (Å²) in [6, 6.07) is 7.70. The van der Waals surface area contributed by atoms with Gasteiger partial charge in [0.15, 0.2) is 11.6 Å². The SMILES string of the molecule is C=CC(=O)N1CCCCC(Nc2nc(Nc3ccc(N4CCOCC4)cc3)c3c(c2F)CNC3=O)C1. The van der Waals surface area contributed by atoms with Crippen LogP contribution in [-0.2, 0) is 16.1 Å². The maximum absolute atomic E-state index is 15.4. The summed E-state index contributed by atoms with van der Waals surface area (Å²) in [6.45, 7) is 7.86. The number of rotatable bonds is 6. The van der Waals surface area contributed by atoms with Crippen LogP contribution in [0.4, 0.5) is 27.4 Å². The third kappa shape index (κ3) is 4.99. The van der Waals surface area contributed by atoms with Crippen molar-refractivity contribution in [2.24, 2.45) is 0 Å². The van der Waals surface area contributed by atoms with E-state index in [-0.39, 0.29) is 41.3 Å². The number of nitrogens with zero attached hydrogens (tertiary/aromatic N) is 3. The zero-order valence-corrected chi connectivity index (χ0v) is 20.2. The van der Waals surface area contributed by atoms with Crippen LogP contribution >= 0.6 is 0 Å². The number of anilines is 4. The Labute approximate surface area is 209 Å². The van der Waals surface area contributed by atoms with Crippen molar-refractivity contribution in [1.29, 1.82) is 0 Å². The molecule has 2 saturated heterocycles. The largest absolute Gasteiger partial charge is 0.378 e. The Hall–Kier alpha value is -3.66. The lowest BCUT2D eigenvalue weighted by molar-refractivity contribution is -0.126. The van der Waals surface area contributed by atoms with Gasteiger partial charge in [0.2, 0.25) is 5.91 Å². The molecule has 10 heteroatoms. The van der Waals surface area contributed by atoms with Crippen molar-refractivity contribution in [3.63, 3.8) is 0 Å². The molecule has 0 bridgehead atoms. The zero-order chi connectivity index (χ0) is 25.1. The Morgan fingerprint density at radius 2 is 1.94 bits per heavy atom. The first kappa shape index (κ1) is 24.1. The highest BCUT2D eigenvalue weighted by molar-refractivity contribution is 6.03. The minimum absolute atomic E-state index is 0.0792. The predicted molar refractivity (Wildman–Crippen MR) is 136 cm³/mol. The molecule has 3 N–H and O–H groups in total. The van der Waals surface area contributed by atoms with Crippen molar-refractivity contribution >= 4 is 34.8 Å². The fraction of sp³-hybridized carbons (Fsp3) is 0.423. The Morgan fingerprint density at radius 3 is 2.69 bits per heavy atom. The van der Waals surface area contributed by atoms with E-state index in [2.05, 4.69) is 32.4 Å². The number of amides is 2. The topological polar surface area (TPSA) is 98.8 Å². The van der Waals surface area contributed by atoms with Crippen molar-refractivity contribution in [2.45, 2.75) is 31.8 Å². The van der Waals surface area contributed by atoms with E-state index in [1.54, 1.807) is 4.90 Å². The normalized spacial score (nSPS) is 19.8. The van der Waals surface area contributed by atoms with Crippen LogP contribution in [0.2, 0.25) is 0 Å². The fourth-order valence-electron chi connectivity index (χ4n) is 4.96. The minimum Gasteiger partial charge on any atom is -0.378 e. The minimum atomic E-state index is -0.539. The van der Waals surface area contributed by atoms with Gasteiger partial charge in [-0.25, -0.2) is 9.37 Å². The van der Waals surface area contributed by atoms with E-state index >= 15 is 4.39 Å². The van der Waals surface area contributed by atoms with Crippen molar-refractivity contribution in [3.8, 4) is 0 Å². The third-order valence-corrected chi connectivity index (χ3v) is 6.89. The Morgan fingerprint density at radius 1 is 1.17 bits per heavy atom. The van der Waals surface area contributed by atoms with E-state index in [9.17, 15) is 9.59 Å². The first-order chi connectivity index (χ1) is 17.5. The number of carbonyl (C=O) groups excluding carboxylic acids is 2. The van der Waals surface area contributed by atoms with E-state index in [1.807, 2.05) is 24.3 Å². The van der Waals surface area contributed by atoms with E-state index in [0.717, 1.165) is 43.7 Å². The molecule has 5 rings (SSSR count). The van der Waals surface area contributed by atoms with Gasteiger partial charge in [-0.1, -0.05) is 6.58 Å². The number of carbonyl (C=O) groups is 2. The van der Waals surface area contributed by atoms with E-state index in [1.165, 1.54) is 6.08 Å². The lowest BCUT2D eigenvalue weighted by Gasteiger charge is -2.29. The fourth-order valence-corrected chi connectivity index (χ4v) is 4.96. The molecule has 0 radical (unpaired) electrons. The molecule has 0 spiro atoms. The molecule has 2 amide bonds. The highest BCUT2D eigenvalue weighted by Crippen LogP contribution is 2.32. The summed E-state index contributed by atoms with van der Waals surface area (Å²) in [6.07, 6.45) is 3.87. The molecule has 36 heavy (non-hydrogen) atoms. The van der Waals surface area contributed by atoms with Crippen molar-refractivity contribution < 1.29 is 18.7 Å². The predicted octanol–water partition coefficient (Wildman–Crippen LogP) is 3.02. The first-order valence-corrected chi connectivity index (χ1v) is 12.4. The highest BCUT2D eigenvalue weighted by atomic mass is 19.1. The molecule has 0 aliphatic carbocycles. The Kier molecular flexibility index (Phi) is 7.04. The van der Waals surface area contributed by atoms with E-state index < -0.39 is 5.82 Å². The summed E-state index contributed by atoms with van der Waals surface area (Å²) in [5.41, 5.74) is 2.35. The summed E-state index contributed by atoms with van der Waals surface area (Å²) in [7, 11) is 0. The number of benzene rings is 1. The molecule has 1 aromatic heterocycles. The van der Waals surface area contributed by atoms with Crippen LogP contribution in [0.5, 0.6) is 0 Å². The highest BCUT2D eigenvalue weighted by Gasteiger charge is 2.31. The molecule has 4 heterocycles. The molecule has 1 aromatic carbocycles. The van der Waals surface area contributed by atoms with Crippen LogP contribution in [0, 0.1) is 5.82 Å². The number of fused-ring (bicyclic) bond motifs is 1. The molecule has 190 valence electrons. The van der Waals surface area contributed by atoms with Gasteiger partial charge >= 0.3 is 0 Å². The summed E-state index contributed by atoms with van der Waals surface area (Å²) >= 11 is 0. The number of hydrogen-bond acceptors (Lipinski definition) is 7. The molecule has 9 nitrogen and oxygen atoms in total. The number of likely N-dealkylation sites (tertiary alicyclic amines) is 1. The van der Waals surface area contributed by atoms with Crippen LogP contribution in [0.1, 0.15) is 35.2 Å². The van der Waals surface area contributed by atoms with Crippen LogP contribution in [0.15, 0.2) is 36.9 Å². The first-order valence-electron chi connectivity index (χ1n) is 12.4. The van der Waals surface area contributed by atoms with Gasteiger partial charge < -0.3 is 30.5 Å². The zero-order valence-electron chi connectivity index (χ0n) is 20.2. The molecule has 2 aromatic rings. The van der Waals surface area contributed by atoms with Gasteiger partial charge in [0, 0.05) is 55.7 Å². The summed E-state index contributed by atoms with van der Waals surface area (Å²) in [5, 5.41) is 9.13. The Bertz CT molecular complexity index is 1150. The van der Waals surface area contributed by atoms with Crippen molar-refractivity contribution in [2.75, 3.05) is 54.9 Å². The molecule has 3 aliphatic rings. The van der Waals surface area contributed by atoms with E-state index in [0.29, 0.717) is 32.1 Å². The van der Waals surface area contributed by atoms with Crippen LogP contribution in [-0.4, -0.2) is 67.1 Å². The molecule has 1 atom stereocenters. The second-order valence-electron chi connectivity index (χ2n) is 9.26. The van der Waals surface area contributed by atoms with E-state index in [4.69, 9.17) is 4.74 Å². The van der Waals surface area contributed by atoms with Gasteiger partial charge in [-0.3, -0.25) is 9.59 Å². The maximum atomic E-state index is 15.4. The number of aromatic nitrogens is 1. The molecule has 0 saturated carbocycles. The number of pyridine rings is 1. The number of hydrogen-bond donors (Lipinski definition) is 3. The van der Waals surface area contributed by atoms with Gasteiger partial charge in [0.05, 0.1) is 18.8 Å². The standard InChI is InChI=1S/C26H31FN6O3/c1-2-21(34)33-10-4-3-5-18(16-33)30-25-23(27)20-15-28-26(35)22(20)24(31-25)29-17-6-8-19(9-7-17)32-11-13-36-14-12-32/h2,6-9,18H,1,3-5,10-16H2,(H,28,35)(H2,29,30,31). The number of nitrogens with one attached hydrogen (secondary N) is 3. The van der Waals surface area contributed by atoms with Gasteiger partial charge in [-0.2, -0.15) is 0 Å². The quantitative estimate of drug-likeness (QED) is 0.531. The summed E-state index contributed by atoms with van der Waals surface area (Å²) in [5.74, 6) is -0.648. The second-order valence-corrected chi connectivity index (χ2v) is 9.26. The van der Waals surface area contributed by atoms with Crippen molar-refractivity contribution in [3.05, 3.63) is 53.9 Å². The third-order valence-electron chi connectivity index (χ3n) is 6.89. The number of ether oxygens (including phenoxy) is 1. The molecule has 2 fully saturated rings. The average molecular weight is 495 g/mol. The molecular weight excluding hydrogens is 463 g/mol. The van der Waals surface area contributed by atoms with Gasteiger partial charge in [0.1, 0.15) is 5.82 Å². The van der Waals surface area contributed by atoms with Gasteiger partial charge in [-0.05, 0) is 49.6 Å². The monoisotopic (exact) mass is 494 g/mol. The summed E-state index contributed by atoms with van der Waals surface area (Å²) in [4.78, 5) is 33.2. The Balaban J connectivity index is 1.39. The molecular formula is C26H31FN6O3. The van der Waals surface area contributed by atoms with Gasteiger partial charge in [0.25, 0.3) is 5.91 Å². The van der Waals surface area contributed by atoms with Crippen molar-refractivity contribution in [1.82, 2.24) is 15.2 Å². The molecule has 1 unspecified atom stereocenters. The van der Waals surface area contributed by atoms with Crippen LogP contribution in [0.3, 0.4) is 0 Å². The van der Waals surface area contributed by atoms with Gasteiger partial charge in [-0.15, -0.1) is 0 Å². The number of morpholine rings is 1. The number of halogens is 1.